The highest BCUT2D eigenvalue weighted by atomic mass is 14.9. The molecule has 1 aliphatic carbocycles. The number of rotatable bonds is 3. The molecule has 0 saturated carbocycles. The van der Waals surface area contributed by atoms with Crippen LogP contribution in [0.3, 0.4) is 0 Å². The fraction of sp³-hybridized carbons (Fsp3) is 0.286. The summed E-state index contributed by atoms with van der Waals surface area (Å²) in [4.78, 5) is 0. The van der Waals surface area contributed by atoms with E-state index >= 15 is 0 Å². The van der Waals surface area contributed by atoms with Gasteiger partial charge in [0.1, 0.15) is 0 Å². The van der Waals surface area contributed by atoms with E-state index in [0.29, 0.717) is 5.92 Å². The molecule has 0 radical (unpaired) electrons. The van der Waals surface area contributed by atoms with Crippen molar-refractivity contribution >= 4 is 0 Å². The zero-order valence-electron chi connectivity index (χ0n) is 9.11. The van der Waals surface area contributed by atoms with E-state index in [1.54, 1.807) is 0 Å². The Hall–Kier alpha value is -1.50. The molecule has 1 atom stereocenters. The number of hydrogen-bond donors (Lipinski definition) is 1. The summed E-state index contributed by atoms with van der Waals surface area (Å²) in [5.74, 6) is 0.687. The van der Waals surface area contributed by atoms with Gasteiger partial charge in [0, 0.05) is 12.2 Å². The van der Waals surface area contributed by atoms with Crippen LogP contribution in [0.15, 0.2) is 54.3 Å². The molecule has 15 heavy (non-hydrogen) atoms. The van der Waals surface area contributed by atoms with Gasteiger partial charge in [-0.2, -0.15) is 0 Å². The van der Waals surface area contributed by atoms with Gasteiger partial charge in [0.15, 0.2) is 0 Å². The molecule has 1 N–H and O–H groups in total. The largest absolute Gasteiger partial charge is 0.381 e. The molecule has 1 nitrogen and oxygen atoms in total. The lowest BCUT2D eigenvalue weighted by Crippen LogP contribution is -2.13. The number of allylic oxidation sites excluding steroid dienone is 3. The first kappa shape index (κ1) is 10.0. The molecule has 1 aromatic rings. The Bertz CT molecular complexity index is 362. The zero-order chi connectivity index (χ0) is 10.5. The Morgan fingerprint density at radius 2 is 2.07 bits per heavy atom. The third-order valence-corrected chi connectivity index (χ3v) is 2.65. The summed E-state index contributed by atoms with van der Waals surface area (Å²) in [6.45, 7) is 3.15. The molecule has 0 bridgehead atoms. The molecule has 0 amide bonds. The molecular formula is C14H17N. The van der Waals surface area contributed by atoms with Crippen LogP contribution in [0.1, 0.15) is 18.9 Å². The maximum Gasteiger partial charge on any atom is 0.0400 e. The highest BCUT2D eigenvalue weighted by Crippen LogP contribution is 2.14. The van der Waals surface area contributed by atoms with Gasteiger partial charge in [0.2, 0.25) is 0 Å². The van der Waals surface area contributed by atoms with Crippen molar-refractivity contribution in [1.29, 1.82) is 0 Å². The quantitative estimate of drug-likeness (QED) is 0.788. The summed E-state index contributed by atoms with van der Waals surface area (Å²) in [6.07, 6.45) is 7.85. The first-order valence-corrected chi connectivity index (χ1v) is 5.51. The van der Waals surface area contributed by atoms with Gasteiger partial charge in [-0.25, -0.2) is 0 Å². The van der Waals surface area contributed by atoms with Crippen LogP contribution in [-0.2, 0) is 6.54 Å². The molecule has 78 valence electrons. The van der Waals surface area contributed by atoms with Gasteiger partial charge in [-0.15, -0.1) is 0 Å². The lowest BCUT2D eigenvalue weighted by molar-refractivity contribution is 0.709. The van der Waals surface area contributed by atoms with Crippen LogP contribution in [0.2, 0.25) is 0 Å². The van der Waals surface area contributed by atoms with Crippen LogP contribution >= 0.6 is 0 Å². The van der Waals surface area contributed by atoms with Crippen molar-refractivity contribution in [2.75, 3.05) is 0 Å². The Balaban J connectivity index is 1.87. The average molecular weight is 199 g/mol. The molecule has 2 rings (SSSR count). The number of nitrogens with one attached hydrogen (secondary N) is 1. The molecule has 1 aliphatic rings. The third kappa shape index (κ3) is 2.98. The zero-order valence-corrected chi connectivity index (χ0v) is 9.11. The first-order chi connectivity index (χ1) is 7.34. The molecule has 0 aromatic heterocycles. The topological polar surface area (TPSA) is 12.0 Å². The second-order valence-corrected chi connectivity index (χ2v) is 4.07. The minimum atomic E-state index is 0.687. The standard InChI is InChI=1S/C14H17N/c1-12-7-9-14(10-8-12)15-11-13-5-3-2-4-6-13/h2-7,9-10,12,15H,8,11H2,1H3. The Morgan fingerprint density at radius 3 is 2.73 bits per heavy atom. The van der Waals surface area contributed by atoms with Gasteiger partial charge in [0.05, 0.1) is 0 Å². The van der Waals surface area contributed by atoms with Crippen LogP contribution in [0.25, 0.3) is 0 Å². The third-order valence-electron chi connectivity index (χ3n) is 2.65. The minimum absolute atomic E-state index is 0.687. The van der Waals surface area contributed by atoms with Crippen molar-refractivity contribution in [1.82, 2.24) is 5.32 Å². The first-order valence-electron chi connectivity index (χ1n) is 5.51. The van der Waals surface area contributed by atoms with Crippen molar-refractivity contribution in [3.63, 3.8) is 0 Å². The molecule has 0 spiro atoms. The van der Waals surface area contributed by atoms with Gasteiger partial charge in [-0.05, 0) is 24.0 Å². The van der Waals surface area contributed by atoms with Gasteiger partial charge in [0.25, 0.3) is 0 Å². The molecule has 0 fully saturated rings. The summed E-state index contributed by atoms with van der Waals surface area (Å²) >= 11 is 0. The molecule has 1 heteroatoms. The fourth-order valence-corrected chi connectivity index (χ4v) is 1.66. The number of benzene rings is 1. The molecule has 0 aliphatic heterocycles. The lowest BCUT2D eigenvalue weighted by Gasteiger charge is -2.13. The summed E-state index contributed by atoms with van der Waals surface area (Å²) < 4.78 is 0. The Morgan fingerprint density at radius 1 is 1.27 bits per heavy atom. The highest BCUT2D eigenvalue weighted by Gasteiger charge is 2.02. The maximum absolute atomic E-state index is 3.43. The molecular weight excluding hydrogens is 182 g/mol. The van der Waals surface area contributed by atoms with Crippen molar-refractivity contribution < 1.29 is 0 Å². The van der Waals surface area contributed by atoms with E-state index in [1.165, 1.54) is 11.3 Å². The monoisotopic (exact) mass is 199 g/mol. The normalized spacial score (nSPS) is 19.8. The minimum Gasteiger partial charge on any atom is -0.381 e. The van der Waals surface area contributed by atoms with Gasteiger partial charge < -0.3 is 5.32 Å². The smallest absolute Gasteiger partial charge is 0.0400 e. The maximum atomic E-state index is 3.43. The van der Waals surface area contributed by atoms with E-state index in [2.05, 4.69) is 54.7 Å². The summed E-state index contributed by atoms with van der Waals surface area (Å²) in [7, 11) is 0. The van der Waals surface area contributed by atoms with Gasteiger partial charge in [-0.1, -0.05) is 49.4 Å². The van der Waals surface area contributed by atoms with Crippen molar-refractivity contribution in [2.45, 2.75) is 19.9 Å². The van der Waals surface area contributed by atoms with Crippen LogP contribution in [0.5, 0.6) is 0 Å². The fourth-order valence-electron chi connectivity index (χ4n) is 1.66. The van der Waals surface area contributed by atoms with E-state index in [9.17, 15) is 0 Å². The van der Waals surface area contributed by atoms with E-state index in [0.717, 1.165) is 13.0 Å². The summed E-state index contributed by atoms with van der Waals surface area (Å²) in [5.41, 5.74) is 2.57. The predicted molar refractivity (Wildman–Crippen MR) is 64.3 cm³/mol. The van der Waals surface area contributed by atoms with Crippen LogP contribution in [-0.4, -0.2) is 0 Å². The molecule has 0 heterocycles. The van der Waals surface area contributed by atoms with E-state index < -0.39 is 0 Å². The molecule has 1 unspecified atom stereocenters. The average Bonchev–Trinajstić information content (AvgIpc) is 2.30. The lowest BCUT2D eigenvalue weighted by atomic mass is 10.0. The van der Waals surface area contributed by atoms with E-state index in [4.69, 9.17) is 0 Å². The van der Waals surface area contributed by atoms with Crippen molar-refractivity contribution in [3.05, 3.63) is 59.8 Å². The molecule has 1 aromatic carbocycles. The van der Waals surface area contributed by atoms with Crippen LogP contribution in [0.4, 0.5) is 0 Å². The van der Waals surface area contributed by atoms with Gasteiger partial charge in [-0.3, -0.25) is 0 Å². The summed E-state index contributed by atoms with van der Waals surface area (Å²) in [6, 6.07) is 10.5. The van der Waals surface area contributed by atoms with E-state index in [1.807, 2.05) is 6.07 Å². The van der Waals surface area contributed by atoms with Crippen LogP contribution in [0, 0.1) is 5.92 Å². The van der Waals surface area contributed by atoms with Crippen LogP contribution < -0.4 is 5.32 Å². The second kappa shape index (κ2) is 4.83. The van der Waals surface area contributed by atoms with Crippen molar-refractivity contribution in [3.8, 4) is 0 Å². The molecule has 0 saturated heterocycles. The highest BCUT2D eigenvalue weighted by molar-refractivity contribution is 5.23. The predicted octanol–water partition coefficient (Wildman–Crippen LogP) is 3.26. The van der Waals surface area contributed by atoms with E-state index in [-0.39, 0.29) is 0 Å². The Labute approximate surface area is 91.5 Å². The SMILES string of the molecule is CC1C=CC(NCc2ccccc2)=CC1. The van der Waals surface area contributed by atoms with Gasteiger partial charge >= 0.3 is 0 Å². The second-order valence-electron chi connectivity index (χ2n) is 4.07. The van der Waals surface area contributed by atoms with Crippen molar-refractivity contribution in [2.24, 2.45) is 5.92 Å². The Kier molecular flexibility index (Phi) is 3.23. The summed E-state index contributed by atoms with van der Waals surface area (Å²) in [5, 5.41) is 3.43. The number of hydrogen-bond acceptors (Lipinski definition) is 1.